The summed E-state index contributed by atoms with van der Waals surface area (Å²) in [7, 11) is 0. The van der Waals surface area contributed by atoms with Crippen LogP contribution in [0.4, 0.5) is 0 Å². The van der Waals surface area contributed by atoms with Crippen LogP contribution < -0.4 is 0 Å². The summed E-state index contributed by atoms with van der Waals surface area (Å²) in [5.41, 5.74) is 2.08. The van der Waals surface area contributed by atoms with Gasteiger partial charge in [0.2, 0.25) is 0 Å². The second-order valence-corrected chi connectivity index (χ2v) is 11.6. The van der Waals surface area contributed by atoms with Crippen LogP contribution in [0.15, 0.2) is 22.3 Å². The highest BCUT2D eigenvalue weighted by Crippen LogP contribution is 2.32. The number of allylic oxidation sites excluding steroid dienone is 2. The maximum Gasteiger partial charge on any atom is 0.184 e. The molecule has 0 radical (unpaired) electrons. The topological polar surface area (TPSA) is 57.5 Å². The van der Waals surface area contributed by atoms with Crippen LogP contribution in [-0.2, 0) is 4.79 Å². The number of hydrogen-bond acceptors (Lipinski definition) is 3. The number of carbonyl (C=O) groups excluding carboxylic acids is 1. The zero-order chi connectivity index (χ0) is 24.5. The highest BCUT2D eigenvalue weighted by molar-refractivity contribution is 6.10. The molecule has 0 aromatic carbocycles. The van der Waals surface area contributed by atoms with E-state index in [1.54, 1.807) is 6.92 Å². The van der Waals surface area contributed by atoms with Gasteiger partial charge in [-0.15, -0.1) is 0 Å². The molecule has 3 nitrogen and oxygen atoms in total. The van der Waals surface area contributed by atoms with E-state index in [-0.39, 0.29) is 5.78 Å². The van der Waals surface area contributed by atoms with Crippen LogP contribution >= 0.6 is 0 Å². The van der Waals surface area contributed by atoms with E-state index in [0.717, 1.165) is 42.2 Å². The molecule has 2 N–H and O–H groups in total. The fourth-order valence-electron chi connectivity index (χ4n) is 4.92. The van der Waals surface area contributed by atoms with E-state index >= 15 is 0 Å². The number of rotatable bonds is 15. The molecule has 0 aromatic rings. The zero-order valence-electron chi connectivity index (χ0n) is 22.4. The average Bonchev–Trinajstić information content (AvgIpc) is 2.70. The second kappa shape index (κ2) is 13.7. The first-order valence-corrected chi connectivity index (χ1v) is 13.2. The molecule has 0 saturated heterocycles. The van der Waals surface area contributed by atoms with Gasteiger partial charge in [-0.3, -0.25) is 4.79 Å². The normalized spacial score (nSPS) is 21.3. The van der Waals surface area contributed by atoms with Crippen LogP contribution in [0.25, 0.3) is 0 Å². The van der Waals surface area contributed by atoms with Gasteiger partial charge in [0.1, 0.15) is 0 Å². The molecule has 0 bridgehead atoms. The summed E-state index contributed by atoms with van der Waals surface area (Å²) >= 11 is 0. The number of aliphatic hydroxyl groups is 2. The summed E-state index contributed by atoms with van der Waals surface area (Å²) in [5, 5.41) is 21.3. The zero-order valence-corrected chi connectivity index (χ0v) is 22.4. The van der Waals surface area contributed by atoms with Crippen molar-refractivity contribution in [2.45, 2.75) is 138 Å². The van der Waals surface area contributed by atoms with Crippen LogP contribution in [0, 0.1) is 17.8 Å². The van der Waals surface area contributed by atoms with Crippen molar-refractivity contribution in [3.8, 4) is 0 Å². The number of ketones is 1. The van der Waals surface area contributed by atoms with Gasteiger partial charge in [0.15, 0.2) is 5.78 Å². The minimum Gasteiger partial charge on any atom is -0.390 e. The monoisotopic (exact) mass is 448 g/mol. The molecule has 32 heavy (non-hydrogen) atoms. The maximum absolute atomic E-state index is 12.6. The van der Waals surface area contributed by atoms with Crippen LogP contribution in [-0.4, -0.2) is 27.7 Å². The van der Waals surface area contributed by atoms with E-state index in [1.165, 1.54) is 38.5 Å². The van der Waals surface area contributed by atoms with Crippen molar-refractivity contribution in [1.82, 2.24) is 0 Å². The van der Waals surface area contributed by atoms with E-state index in [9.17, 15) is 15.0 Å². The van der Waals surface area contributed by atoms with Crippen molar-refractivity contribution in [2.75, 3.05) is 0 Å². The standard InChI is InChI=1S/C29H52O3/c1-20(2)12-9-13-21(3)14-10-15-22(4)16-11-18-29(8,32)19-17-26-25(7)27(30)23(5)24(6)28(26)31/h20-22,27,30,32H,9-19H2,1-8H3. The molecule has 0 aliphatic heterocycles. The first-order chi connectivity index (χ1) is 14.9. The smallest absolute Gasteiger partial charge is 0.184 e. The Morgan fingerprint density at radius 3 is 1.84 bits per heavy atom. The molecule has 0 fully saturated rings. The first-order valence-electron chi connectivity index (χ1n) is 13.2. The maximum atomic E-state index is 12.6. The van der Waals surface area contributed by atoms with Crippen LogP contribution in [0.1, 0.15) is 126 Å². The van der Waals surface area contributed by atoms with Gasteiger partial charge < -0.3 is 10.2 Å². The molecule has 0 aromatic heterocycles. The number of carbonyl (C=O) groups is 1. The Bertz CT molecular complexity index is 653. The Hall–Kier alpha value is -0.930. The van der Waals surface area contributed by atoms with Gasteiger partial charge in [-0.2, -0.15) is 0 Å². The lowest BCUT2D eigenvalue weighted by atomic mass is 9.81. The van der Waals surface area contributed by atoms with E-state index in [4.69, 9.17) is 0 Å². The van der Waals surface area contributed by atoms with E-state index in [2.05, 4.69) is 27.7 Å². The van der Waals surface area contributed by atoms with Crippen LogP contribution in [0.5, 0.6) is 0 Å². The third-order valence-corrected chi connectivity index (χ3v) is 7.70. The summed E-state index contributed by atoms with van der Waals surface area (Å²) < 4.78 is 0. The highest BCUT2D eigenvalue weighted by Gasteiger charge is 2.30. The number of Topliss-reactive ketones (excluding diaryl/α,β-unsaturated/α-hetero) is 1. The Morgan fingerprint density at radius 2 is 1.31 bits per heavy atom. The third-order valence-electron chi connectivity index (χ3n) is 7.70. The van der Waals surface area contributed by atoms with Gasteiger partial charge in [-0.1, -0.05) is 79.1 Å². The van der Waals surface area contributed by atoms with Crippen molar-refractivity contribution in [3.63, 3.8) is 0 Å². The molecule has 4 unspecified atom stereocenters. The van der Waals surface area contributed by atoms with Gasteiger partial charge in [-0.25, -0.2) is 0 Å². The Morgan fingerprint density at radius 1 is 0.812 bits per heavy atom. The fraction of sp³-hybridized carbons (Fsp3) is 0.828. The molecule has 3 heteroatoms. The summed E-state index contributed by atoms with van der Waals surface area (Å²) in [6.45, 7) is 16.7. The first kappa shape index (κ1) is 29.1. The van der Waals surface area contributed by atoms with Crippen molar-refractivity contribution >= 4 is 5.78 Å². The van der Waals surface area contributed by atoms with E-state index in [0.29, 0.717) is 29.9 Å². The second-order valence-electron chi connectivity index (χ2n) is 11.6. The molecular formula is C29H52O3. The van der Waals surface area contributed by atoms with Crippen molar-refractivity contribution in [2.24, 2.45) is 17.8 Å². The highest BCUT2D eigenvalue weighted by atomic mass is 16.3. The molecule has 1 aliphatic carbocycles. The van der Waals surface area contributed by atoms with Gasteiger partial charge in [0.25, 0.3) is 0 Å². The lowest BCUT2D eigenvalue weighted by Crippen LogP contribution is -2.28. The molecule has 0 saturated carbocycles. The fourth-order valence-corrected chi connectivity index (χ4v) is 4.92. The Kier molecular flexibility index (Phi) is 12.5. The predicted molar refractivity (Wildman–Crippen MR) is 137 cm³/mol. The molecular weight excluding hydrogens is 396 g/mol. The van der Waals surface area contributed by atoms with Gasteiger partial charge in [-0.05, 0) is 81.4 Å². The van der Waals surface area contributed by atoms with Crippen LogP contribution in [0.3, 0.4) is 0 Å². The van der Waals surface area contributed by atoms with Crippen molar-refractivity contribution in [1.29, 1.82) is 0 Å². The summed E-state index contributed by atoms with van der Waals surface area (Å²) in [4.78, 5) is 12.6. The number of hydrogen-bond donors (Lipinski definition) is 2. The van der Waals surface area contributed by atoms with Crippen LogP contribution in [0.2, 0.25) is 0 Å². The van der Waals surface area contributed by atoms with Crippen molar-refractivity contribution in [3.05, 3.63) is 22.3 Å². The van der Waals surface area contributed by atoms with Gasteiger partial charge in [0.05, 0.1) is 11.7 Å². The molecule has 1 aliphatic rings. The van der Waals surface area contributed by atoms with Gasteiger partial charge in [0, 0.05) is 5.57 Å². The minimum atomic E-state index is -0.771. The Balaban J connectivity index is 2.31. The number of aliphatic hydroxyl groups excluding tert-OH is 1. The molecule has 0 heterocycles. The molecule has 1 rings (SSSR count). The SMILES string of the molecule is CC1=C(C)C(O)C(C)=C(CCC(C)(O)CCCC(C)CCCC(C)CCCC(C)C)C1=O. The lowest BCUT2D eigenvalue weighted by molar-refractivity contribution is -0.112. The quantitative estimate of drug-likeness (QED) is 0.272. The molecule has 0 spiro atoms. The summed E-state index contributed by atoms with van der Waals surface area (Å²) in [5.74, 6) is 2.39. The third kappa shape index (κ3) is 9.91. The molecule has 186 valence electrons. The predicted octanol–water partition coefficient (Wildman–Crippen LogP) is 7.55. The lowest BCUT2D eigenvalue weighted by Gasteiger charge is -2.28. The minimum absolute atomic E-state index is 0.0353. The molecule has 4 atom stereocenters. The van der Waals surface area contributed by atoms with Gasteiger partial charge >= 0.3 is 0 Å². The summed E-state index contributed by atoms with van der Waals surface area (Å²) in [6, 6.07) is 0. The van der Waals surface area contributed by atoms with Crippen molar-refractivity contribution < 1.29 is 15.0 Å². The average molecular weight is 449 g/mol. The van der Waals surface area contributed by atoms with E-state index < -0.39 is 11.7 Å². The Labute approximate surface area is 198 Å². The van der Waals surface area contributed by atoms with E-state index in [1.807, 2.05) is 20.8 Å². The summed E-state index contributed by atoms with van der Waals surface area (Å²) in [6.07, 6.45) is 11.4. The molecule has 0 amide bonds. The largest absolute Gasteiger partial charge is 0.390 e.